The number of ether oxygens (including phenoxy) is 2. The van der Waals surface area contributed by atoms with Crippen molar-refractivity contribution < 1.29 is 23.5 Å². The van der Waals surface area contributed by atoms with Gasteiger partial charge in [-0.2, -0.15) is 0 Å². The van der Waals surface area contributed by atoms with Crippen LogP contribution in [0.15, 0.2) is 63.8 Å². The molecule has 0 bridgehead atoms. The summed E-state index contributed by atoms with van der Waals surface area (Å²) in [7, 11) is 0. The molecule has 0 radical (unpaired) electrons. The lowest BCUT2D eigenvalue weighted by atomic mass is 10.1. The quantitative estimate of drug-likeness (QED) is 0.188. The first-order chi connectivity index (χ1) is 16.0. The van der Waals surface area contributed by atoms with Crippen LogP contribution in [0.4, 0.5) is 4.79 Å². The zero-order valence-corrected chi connectivity index (χ0v) is 18.8. The van der Waals surface area contributed by atoms with E-state index in [4.69, 9.17) is 13.9 Å². The van der Waals surface area contributed by atoms with Crippen LogP contribution in [0.1, 0.15) is 50.2 Å². The van der Waals surface area contributed by atoms with Crippen molar-refractivity contribution in [3.63, 3.8) is 0 Å². The first-order valence-electron chi connectivity index (χ1n) is 11.3. The molecular formula is C26H29NO6. The second-order valence-corrected chi connectivity index (χ2v) is 7.77. The molecule has 33 heavy (non-hydrogen) atoms. The van der Waals surface area contributed by atoms with Gasteiger partial charge in [-0.25, -0.2) is 9.59 Å². The third kappa shape index (κ3) is 7.79. The molecule has 0 aliphatic rings. The number of alkyl carbamates (subject to hydrolysis) is 1. The van der Waals surface area contributed by atoms with Gasteiger partial charge < -0.3 is 19.2 Å². The van der Waals surface area contributed by atoms with Crippen LogP contribution in [-0.2, 0) is 22.6 Å². The lowest BCUT2D eigenvalue weighted by molar-refractivity contribution is -0.134. The third-order valence-electron chi connectivity index (χ3n) is 5.09. The molecule has 0 aliphatic heterocycles. The first kappa shape index (κ1) is 24.0. The Kier molecular flexibility index (Phi) is 9.06. The van der Waals surface area contributed by atoms with E-state index in [0.717, 1.165) is 42.2 Å². The Labute approximate surface area is 192 Å². The number of nitrogens with one attached hydrogen (secondary N) is 1. The number of carbonyl (C=O) groups excluding carboxylic acids is 2. The summed E-state index contributed by atoms with van der Waals surface area (Å²) in [5, 5.41) is 3.56. The minimum absolute atomic E-state index is 0.233. The van der Waals surface area contributed by atoms with Crippen molar-refractivity contribution in [2.45, 2.75) is 52.1 Å². The second-order valence-electron chi connectivity index (χ2n) is 7.77. The molecule has 3 rings (SSSR count). The lowest BCUT2D eigenvalue weighted by Crippen LogP contribution is -2.25. The number of hydrogen-bond acceptors (Lipinski definition) is 6. The van der Waals surface area contributed by atoms with E-state index >= 15 is 0 Å². The molecule has 1 amide bonds. The van der Waals surface area contributed by atoms with Gasteiger partial charge in [0.15, 0.2) is 0 Å². The van der Waals surface area contributed by atoms with Gasteiger partial charge in [-0.05, 0) is 42.5 Å². The predicted octanol–water partition coefficient (Wildman–Crippen LogP) is 5.14. The van der Waals surface area contributed by atoms with E-state index in [-0.39, 0.29) is 19.0 Å². The van der Waals surface area contributed by atoms with Crippen LogP contribution >= 0.6 is 0 Å². The van der Waals surface area contributed by atoms with Gasteiger partial charge in [0.05, 0.1) is 0 Å². The van der Waals surface area contributed by atoms with Crippen molar-refractivity contribution in [2.24, 2.45) is 0 Å². The highest BCUT2D eigenvalue weighted by molar-refractivity contribution is 5.82. The van der Waals surface area contributed by atoms with E-state index in [1.54, 1.807) is 12.1 Å². The van der Waals surface area contributed by atoms with Crippen LogP contribution in [0.5, 0.6) is 5.75 Å². The molecule has 0 fully saturated rings. The Morgan fingerprint density at radius 1 is 1.00 bits per heavy atom. The Hall–Kier alpha value is -3.61. The summed E-state index contributed by atoms with van der Waals surface area (Å²) in [5.74, 6) is 0.00349. The summed E-state index contributed by atoms with van der Waals surface area (Å²) in [6, 6.07) is 16.1. The molecule has 1 N–H and O–H groups in total. The number of hydrogen-bond donors (Lipinski definition) is 1. The largest absolute Gasteiger partial charge is 0.445 e. The van der Waals surface area contributed by atoms with Gasteiger partial charge in [0.25, 0.3) is 0 Å². The predicted molar refractivity (Wildman–Crippen MR) is 125 cm³/mol. The highest BCUT2D eigenvalue weighted by Crippen LogP contribution is 2.24. The molecule has 1 aromatic heterocycles. The first-order valence-corrected chi connectivity index (χ1v) is 11.3. The summed E-state index contributed by atoms with van der Waals surface area (Å²) in [6.45, 7) is 2.76. The van der Waals surface area contributed by atoms with Crippen LogP contribution in [0.25, 0.3) is 11.0 Å². The molecule has 0 aliphatic carbocycles. The van der Waals surface area contributed by atoms with Crippen LogP contribution in [-0.4, -0.2) is 18.6 Å². The molecule has 3 aromatic rings. The fourth-order valence-electron chi connectivity index (χ4n) is 3.47. The Morgan fingerprint density at radius 3 is 2.61 bits per heavy atom. The van der Waals surface area contributed by atoms with E-state index < -0.39 is 11.7 Å². The topological polar surface area (TPSA) is 94.8 Å². The fourth-order valence-corrected chi connectivity index (χ4v) is 3.47. The summed E-state index contributed by atoms with van der Waals surface area (Å²) in [5.41, 5.74) is 1.87. The number of unbranched alkanes of at least 4 members (excludes halogenated alkanes) is 2. The SMILES string of the molecule is CCCc1cc(=O)oc2cc(OC(=O)CCCCCNC(=O)OCc3ccccc3)ccc12. The van der Waals surface area contributed by atoms with Crippen molar-refractivity contribution in [3.05, 3.63) is 76.1 Å². The highest BCUT2D eigenvalue weighted by Gasteiger charge is 2.10. The third-order valence-corrected chi connectivity index (χ3v) is 5.09. The van der Waals surface area contributed by atoms with E-state index in [1.807, 2.05) is 43.3 Å². The van der Waals surface area contributed by atoms with Crippen molar-refractivity contribution in [1.29, 1.82) is 0 Å². The van der Waals surface area contributed by atoms with Gasteiger partial charge in [-0.3, -0.25) is 4.79 Å². The minimum Gasteiger partial charge on any atom is -0.445 e. The maximum Gasteiger partial charge on any atom is 0.407 e. The molecule has 1 heterocycles. The highest BCUT2D eigenvalue weighted by atomic mass is 16.5. The zero-order chi connectivity index (χ0) is 23.5. The van der Waals surface area contributed by atoms with E-state index in [2.05, 4.69) is 5.32 Å². The molecule has 2 aromatic carbocycles. The van der Waals surface area contributed by atoms with E-state index in [1.165, 1.54) is 6.07 Å². The van der Waals surface area contributed by atoms with Gasteiger partial charge in [0.2, 0.25) is 0 Å². The average molecular weight is 452 g/mol. The maximum atomic E-state index is 12.1. The molecule has 0 unspecified atom stereocenters. The number of amides is 1. The summed E-state index contributed by atoms with van der Waals surface area (Å²) < 4.78 is 15.8. The van der Waals surface area contributed by atoms with Crippen LogP contribution in [0, 0.1) is 0 Å². The minimum atomic E-state index is -0.455. The lowest BCUT2D eigenvalue weighted by Gasteiger charge is -2.08. The van der Waals surface area contributed by atoms with Gasteiger partial charge in [0.1, 0.15) is 17.9 Å². The number of esters is 1. The number of aryl methyl sites for hydroxylation is 1. The van der Waals surface area contributed by atoms with E-state index in [9.17, 15) is 14.4 Å². The summed E-state index contributed by atoms with van der Waals surface area (Å²) in [6.07, 6.45) is 3.64. The van der Waals surface area contributed by atoms with Crippen molar-refractivity contribution >= 4 is 23.0 Å². The maximum absolute atomic E-state index is 12.1. The smallest absolute Gasteiger partial charge is 0.407 e. The van der Waals surface area contributed by atoms with Crippen LogP contribution < -0.4 is 15.7 Å². The Balaban J connectivity index is 1.34. The fraction of sp³-hybridized carbons (Fsp3) is 0.346. The monoisotopic (exact) mass is 451 g/mol. The Morgan fingerprint density at radius 2 is 1.82 bits per heavy atom. The van der Waals surface area contributed by atoms with Crippen molar-refractivity contribution in [3.8, 4) is 5.75 Å². The number of benzene rings is 2. The van der Waals surface area contributed by atoms with Gasteiger partial charge in [-0.1, -0.05) is 50.1 Å². The molecule has 0 saturated carbocycles. The molecular weight excluding hydrogens is 422 g/mol. The molecule has 0 spiro atoms. The second kappa shape index (κ2) is 12.4. The van der Waals surface area contributed by atoms with Gasteiger partial charge in [-0.15, -0.1) is 0 Å². The van der Waals surface area contributed by atoms with Crippen LogP contribution in [0.2, 0.25) is 0 Å². The molecule has 7 nitrogen and oxygen atoms in total. The molecule has 0 saturated heterocycles. The van der Waals surface area contributed by atoms with E-state index in [0.29, 0.717) is 24.3 Å². The number of fused-ring (bicyclic) bond motifs is 1. The van der Waals surface area contributed by atoms with Crippen molar-refractivity contribution in [2.75, 3.05) is 6.54 Å². The van der Waals surface area contributed by atoms with Crippen molar-refractivity contribution in [1.82, 2.24) is 5.32 Å². The Bertz CT molecular complexity index is 1120. The molecule has 0 atom stereocenters. The van der Waals surface area contributed by atoms with Crippen LogP contribution in [0.3, 0.4) is 0 Å². The number of rotatable bonds is 11. The zero-order valence-electron chi connectivity index (χ0n) is 18.8. The van der Waals surface area contributed by atoms with Gasteiger partial charge in [0, 0.05) is 30.5 Å². The molecule has 174 valence electrons. The summed E-state index contributed by atoms with van der Waals surface area (Å²) in [4.78, 5) is 35.6. The standard InChI is InChI=1S/C26H29NO6/c1-2-9-20-16-25(29)33-23-17-21(13-14-22(20)23)32-24(28)12-7-4-8-15-27-26(30)31-18-19-10-5-3-6-11-19/h3,5-6,10-11,13-14,16-17H,2,4,7-9,12,15,18H2,1H3,(H,27,30). The van der Waals surface area contributed by atoms with Gasteiger partial charge >= 0.3 is 17.7 Å². The average Bonchev–Trinajstić information content (AvgIpc) is 2.80. The summed E-state index contributed by atoms with van der Waals surface area (Å²) >= 11 is 0. The molecule has 7 heteroatoms. The number of carbonyl (C=O) groups is 2. The normalized spacial score (nSPS) is 10.7.